The Morgan fingerprint density at radius 3 is 2.66 bits per heavy atom. The summed E-state index contributed by atoms with van der Waals surface area (Å²) in [6.45, 7) is 0.407. The number of hydrogen-bond acceptors (Lipinski definition) is 6. The molecule has 10 heteroatoms. The Kier molecular flexibility index (Phi) is 6.21. The minimum atomic E-state index is -5.06. The molecule has 3 atom stereocenters. The molecule has 0 fully saturated rings. The number of nitrogens with two attached hydrogens (primary N) is 1. The minimum Gasteiger partial charge on any atom is -0.465 e. The van der Waals surface area contributed by atoms with Crippen LogP contribution in [0.25, 0.3) is 11.0 Å². The molecule has 208 valence electrons. The molecule has 2 aromatic carbocycles. The number of rotatable bonds is 12. The van der Waals surface area contributed by atoms with E-state index in [1.165, 1.54) is 46.1 Å². The molecule has 0 spiro atoms. The topological polar surface area (TPSA) is 137 Å². The Balaban J connectivity index is 2.45. The van der Waals surface area contributed by atoms with E-state index in [1.54, 1.807) is 0 Å². The van der Waals surface area contributed by atoms with E-state index in [4.69, 9.17) is 21.1 Å². The van der Waals surface area contributed by atoms with Crippen molar-refractivity contribution < 1.29 is 40.2 Å². The average molecular weight is 555 g/mol. The molecular weight excluding hydrogens is 506 g/mol. The van der Waals surface area contributed by atoms with E-state index in [1.807, 2.05) is 0 Å². The lowest BCUT2D eigenvalue weighted by Crippen LogP contribution is -2.58. The first-order valence-electron chi connectivity index (χ1n) is 16.3. The summed E-state index contributed by atoms with van der Waals surface area (Å²) in [6.07, 6.45) is -8.66. The Bertz CT molecular complexity index is 1750. The number of carbonyl (C=O) groups is 1. The van der Waals surface area contributed by atoms with Crippen molar-refractivity contribution in [3.63, 3.8) is 0 Å². The van der Waals surface area contributed by atoms with E-state index >= 15 is 0 Å². The van der Waals surface area contributed by atoms with E-state index in [-0.39, 0.29) is 22.2 Å². The van der Waals surface area contributed by atoms with Gasteiger partial charge in [0.25, 0.3) is 0 Å². The highest BCUT2D eigenvalue weighted by Gasteiger charge is 2.39. The van der Waals surface area contributed by atoms with Crippen molar-refractivity contribution in [1.82, 2.24) is 9.21 Å². The third-order valence-corrected chi connectivity index (χ3v) is 7.22. The van der Waals surface area contributed by atoms with Crippen LogP contribution in [-0.2, 0) is 16.4 Å². The van der Waals surface area contributed by atoms with Crippen molar-refractivity contribution >= 4 is 27.1 Å². The van der Waals surface area contributed by atoms with Gasteiger partial charge in [0.2, 0.25) is 10.0 Å². The molecule has 1 heterocycles. The maximum Gasteiger partial charge on any atom is 0.408 e. The number of carboxylic acid groups (broad SMARTS) is 1. The predicted octanol–water partition coefficient (Wildman–Crippen LogP) is 4.16. The first kappa shape index (κ1) is 19.2. The Hall–Kier alpha value is -2.92. The molecule has 0 bridgehead atoms. The van der Waals surface area contributed by atoms with Gasteiger partial charge in [-0.25, -0.2) is 13.2 Å². The van der Waals surface area contributed by atoms with Crippen molar-refractivity contribution in [3.8, 4) is 0 Å². The van der Waals surface area contributed by atoms with E-state index in [0.29, 0.717) is 11.0 Å². The molecule has 4 N–H and O–H groups in total. The second-order valence-electron chi connectivity index (χ2n) is 9.70. The second-order valence-corrected chi connectivity index (χ2v) is 11.6. The summed E-state index contributed by atoms with van der Waals surface area (Å²) in [5, 5.41) is 22.8. The first-order chi connectivity index (χ1) is 21.3. The molecule has 0 radical (unpaired) electrons. The normalized spacial score (nSPS) is 20.8. The van der Waals surface area contributed by atoms with Crippen molar-refractivity contribution in [3.05, 3.63) is 66.4 Å². The van der Waals surface area contributed by atoms with Crippen LogP contribution >= 0.6 is 0 Å². The number of sulfonamides is 1. The molecule has 0 saturated heterocycles. The SMILES string of the molecule is [2H]c1ccc(C([2H])([2H])[C@]([2H])(N(C(=O)O)C(C)(C)C)[C@]([2H])(O)C([2H])([2H])N(CC(C)CCN)S(=O)(=O)c2ccc3occc3c2)c([2H])c1[2H]. The molecule has 1 unspecified atom stereocenters. The Labute approximate surface area is 237 Å². The zero-order valence-electron chi connectivity index (χ0n) is 30.6. The molecule has 0 aliphatic carbocycles. The van der Waals surface area contributed by atoms with Gasteiger partial charge < -0.3 is 20.4 Å². The lowest BCUT2D eigenvalue weighted by Gasteiger charge is -2.42. The number of benzene rings is 2. The number of aliphatic hydroxyl groups is 1. The van der Waals surface area contributed by atoms with Crippen LogP contribution in [0.5, 0.6) is 0 Å². The van der Waals surface area contributed by atoms with Gasteiger partial charge in [0.05, 0.1) is 30.1 Å². The maximum atomic E-state index is 14.3. The van der Waals surface area contributed by atoms with Gasteiger partial charge in [-0.15, -0.1) is 0 Å². The van der Waals surface area contributed by atoms with Gasteiger partial charge in [0, 0.05) is 29.4 Å². The average Bonchev–Trinajstić information content (AvgIpc) is 3.41. The molecular formula is C28H39N3O6S. The Morgan fingerprint density at radius 2 is 2.00 bits per heavy atom. The summed E-state index contributed by atoms with van der Waals surface area (Å²) in [5.41, 5.74) is 3.19. The smallest absolute Gasteiger partial charge is 0.408 e. The Morgan fingerprint density at radius 1 is 1.26 bits per heavy atom. The second kappa shape index (κ2) is 12.3. The van der Waals surface area contributed by atoms with Crippen LogP contribution in [0, 0.1) is 5.92 Å². The van der Waals surface area contributed by atoms with Crippen LogP contribution in [0.3, 0.4) is 0 Å². The molecule has 1 amide bonds. The summed E-state index contributed by atoms with van der Waals surface area (Å²) in [5.74, 6) is -0.719. The van der Waals surface area contributed by atoms with Gasteiger partial charge in [-0.3, -0.25) is 4.90 Å². The summed E-state index contributed by atoms with van der Waals surface area (Å²) >= 11 is 0. The molecule has 0 aliphatic heterocycles. The van der Waals surface area contributed by atoms with E-state index in [9.17, 15) is 24.8 Å². The minimum absolute atomic E-state index is 0.00582. The standard InChI is InChI=1S/C28H39N3O6S/c1-20(12-14-29)18-30(38(35,36)23-10-11-26-22(17-23)13-15-37-26)19-25(32)24(16-21-8-6-5-7-9-21)31(27(33)34)28(2,3)4/h5-11,13,15,17,20,24-25,32H,12,14,16,18-19,29H2,1-4H3,(H,33,34)/t20?,24-,25+/m0/s1/i5D,6D,8D,16D2,19D2,24D,25D. The van der Waals surface area contributed by atoms with Crippen LogP contribution in [0.15, 0.2) is 70.1 Å². The van der Waals surface area contributed by atoms with Gasteiger partial charge in [0.1, 0.15) is 5.58 Å². The predicted molar refractivity (Wildman–Crippen MR) is 147 cm³/mol. The third kappa shape index (κ3) is 7.13. The summed E-state index contributed by atoms with van der Waals surface area (Å²) in [6, 6.07) is 0.373. The van der Waals surface area contributed by atoms with Gasteiger partial charge >= 0.3 is 6.09 Å². The van der Waals surface area contributed by atoms with Crippen LogP contribution in [0.1, 0.15) is 52.0 Å². The van der Waals surface area contributed by atoms with E-state index in [2.05, 4.69) is 0 Å². The van der Waals surface area contributed by atoms with Crippen molar-refractivity contribution in [2.45, 2.75) is 63.0 Å². The van der Waals surface area contributed by atoms with E-state index < -0.39 is 87.7 Å². The number of nitrogens with zero attached hydrogens (tertiary/aromatic N) is 2. The van der Waals surface area contributed by atoms with Gasteiger partial charge in [-0.05, 0) is 75.9 Å². The highest BCUT2D eigenvalue weighted by Crippen LogP contribution is 2.27. The molecule has 0 saturated carbocycles. The molecule has 38 heavy (non-hydrogen) atoms. The van der Waals surface area contributed by atoms with Crippen LogP contribution in [0.2, 0.25) is 0 Å². The zero-order valence-corrected chi connectivity index (χ0v) is 22.5. The highest BCUT2D eigenvalue weighted by atomic mass is 32.2. The number of furan rings is 1. The van der Waals surface area contributed by atoms with Crippen molar-refractivity contribution in [1.29, 1.82) is 0 Å². The van der Waals surface area contributed by atoms with Crippen LogP contribution in [0.4, 0.5) is 4.79 Å². The fourth-order valence-corrected chi connectivity index (χ4v) is 5.15. The van der Waals surface area contributed by atoms with Gasteiger partial charge in [-0.1, -0.05) is 37.2 Å². The molecule has 3 aromatic rings. The van der Waals surface area contributed by atoms with Crippen molar-refractivity contribution in [2.24, 2.45) is 11.7 Å². The van der Waals surface area contributed by atoms with Crippen LogP contribution < -0.4 is 5.73 Å². The highest BCUT2D eigenvalue weighted by molar-refractivity contribution is 7.89. The lowest BCUT2D eigenvalue weighted by atomic mass is 9.94. The fourth-order valence-electron chi connectivity index (χ4n) is 3.72. The molecule has 0 aliphatic rings. The number of hydrogen-bond donors (Lipinski definition) is 3. The molecule has 1 aromatic heterocycles. The monoisotopic (exact) mass is 554 g/mol. The third-order valence-electron chi connectivity index (χ3n) is 5.55. The molecule has 3 rings (SSSR count). The van der Waals surface area contributed by atoms with Crippen LogP contribution in [-0.4, -0.2) is 71.2 Å². The summed E-state index contributed by atoms with van der Waals surface area (Å²) in [4.78, 5) is 12.3. The first-order valence-corrected chi connectivity index (χ1v) is 13.3. The summed E-state index contributed by atoms with van der Waals surface area (Å²) in [7, 11) is -5.06. The maximum absolute atomic E-state index is 14.3. The zero-order chi connectivity index (χ0) is 36.1. The lowest BCUT2D eigenvalue weighted by molar-refractivity contribution is 0.000374. The number of amides is 1. The quantitative estimate of drug-likeness (QED) is 0.306. The number of fused-ring (bicyclic) bond motifs is 1. The fraction of sp³-hybridized carbons (Fsp3) is 0.464. The summed E-state index contributed by atoms with van der Waals surface area (Å²) < 4.78 is 113. The van der Waals surface area contributed by atoms with Crippen molar-refractivity contribution in [2.75, 3.05) is 19.6 Å². The molecule has 9 nitrogen and oxygen atoms in total. The largest absolute Gasteiger partial charge is 0.465 e. The van der Waals surface area contributed by atoms with Gasteiger partial charge in [0.15, 0.2) is 0 Å². The van der Waals surface area contributed by atoms with E-state index in [0.717, 1.165) is 24.3 Å². The van der Waals surface area contributed by atoms with Gasteiger partial charge in [-0.2, -0.15) is 4.31 Å².